The Morgan fingerprint density at radius 1 is 1.24 bits per heavy atom. The summed E-state index contributed by atoms with van der Waals surface area (Å²) >= 11 is 1.42. The third-order valence-corrected chi connectivity index (χ3v) is 4.38. The SMILES string of the molecule is Nc1ccc(-c2csc(NC(=O)NC3CCCC3)n2)cc1. The van der Waals surface area contributed by atoms with Gasteiger partial charge in [-0.25, -0.2) is 9.78 Å². The van der Waals surface area contributed by atoms with Crippen LogP contribution in [0.4, 0.5) is 15.6 Å². The van der Waals surface area contributed by atoms with E-state index in [1.54, 1.807) is 0 Å². The lowest BCUT2D eigenvalue weighted by molar-refractivity contribution is 0.248. The second kappa shape index (κ2) is 6.13. The number of urea groups is 1. The van der Waals surface area contributed by atoms with Gasteiger partial charge in [0.05, 0.1) is 5.69 Å². The normalized spacial score (nSPS) is 15.0. The number of hydrogen-bond donors (Lipinski definition) is 3. The Kier molecular flexibility index (Phi) is 4.06. The van der Waals surface area contributed by atoms with Crippen LogP contribution in [0.3, 0.4) is 0 Å². The van der Waals surface area contributed by atoms with E-state index in [0.29, 0.717) is 11.2 Å². The Hall–Kier alpha value is -2.08. The molecule has 4 N–H and O–H groups in total. The number of nitrogens with one attached hydrogen (secondary N) is 2. The third-order valence-electron chi connectivity index (χ3n) is 3.62. The molecule has 6 heteroatoms. The van der Waals surface area contributed by atoms with E-state index >= 15 is 0 Å². The Morgan fingerprint density at radius 2 is 1.95 bits per heavy atom. The van der Waals surface area contributed by atoms with E-state index in [9.17, 15) is 4.79 Å². The van der Waals surface area contributed by atoms with Crippen LogP contribution < -0.4 is 16.4 Å². The topological polar surface area (TPSA) is 80.0 Å². The average Bonchev–Trinajstić information content (AvgIpc) is 3.11. The number of nitrogen functional groups attached to an aromatic ring is 1. The molecule has 1 saturated carbocycles. The average molecular weight is 302 g/mol. The quantitative estimate of drug-likeness (QED) is 0.760. The molecule has 2 aromatic rings. The van der Waals surface area contributed by atoms with E-state index in [1.165, 1.54) is 24.2 Å². The van der Waals surface area contributed by atoms with Crippen LogP contribution in [-0.4, -0.2) is 17.1 Å². The zero-order valence-corrected chi connectivity index (χ0v) is 12.5. The molecular formula is C15H18N4OS. The Balaban J connectivity index is 1.61. The van der Waals surface area contributed by atoms with Crippen LogP contribution in [-0.2, 0) is 0 Å². The van der Waals surface area contributed by atoms with Crippen molar-refractivity contribution in [1.29, 1.82) is 0 Å². The fourth-order valence-electron chi connectivity index (χ4n) is 2.51. The third kappa shape index (κ3) is 3.52. The van der Waals surface area contributed by atoms with Crippen molar-refractivity contribution in [1.82, 2.24) is 10.3 Å². The lowest BCUT2D eigenvalue weighted by Gasteiger charge is -2.11. The van der Waals surface area contributed by atoms with Crippen molar-refractivity contribution in [3.63, 3.8) is 0 Å². The van der Waals surface area contributed by atoms with Gasteiger partial charge in [-0.3, -0.25) is 5.32 Å². The van der Waals surface area contributed by atoms with Gasteiger partial charge in [0.25, 0.3) is 0 Å². The van der Waals surface area contributed by atoms with Crippen LogP contribution in [0.15, 0.2) is 29.6 Å². The van der Waals surface area contributed by atoms with E-state index in [2.05, 4.69) is 15.6 Å². The molecule has 0 aliphatic heterocycles. The number of nitrogens with two attached hydrogens (primary N) is 1. The molecule has 0 unspecified atom stereocenters. The molecule has 3 rings (SSSR count). The van der Waals surface area contributed by atoms with Gasteiger partial charge in [0.1, 0.15) is 0 Å². The molecule has 1 fully saturated rings. The van der Waals surface area contributed by atoms with Gasteiger partial charge in [0, 0.05) is 22.7 Å². The number of anilines is 2. The first kappa shape index (κ1) is 13.9. The lowest BCUT2D eigenvalue weighted by Crippen LogP contribution is -2.36. The highest BCUT2D eigenvalue weighted by Crippen LogP contribution is 2.25. The molecule has 1 aliphatic carbocycles. The number of amides is 2. The van der Waals surface area contributed by atoms with E-state index in [-0.39, 0.29) is 6.03 Å². The molecule has 1 aromatic heterocycles. The monoisotopic (exact) mass is 302 g/mol. The summed E-state index contributed by atoms with van der Waals surface area (Å²) in [6.45, 7) is 0. The van der Waals surface area contributed by atoms with Crippen LogP contribution in [0.25, 0.3) is 11.3 Å². The highest BCUT2D eigenvalue weighted by molar-refractivity contribution is 7.14. The highest BCUT2D eigenvalue weighted by atomic mass is 32.1. The first-order valence-electron chi connectivity index (χ1n) is 7.10. The maximum absolute atomic E-state index is 11.9. The number of benzene rings is 1. The molecule has 0 bridgehead atoms. The van der Waals surface area contributed by atoms with E-state index in [4.69, 9.17) is 5.73 Å². The van der Waals surface area contributed by atoms with Gasteiger partial charge in [0.2, 0.25) is 0 Å². The lowest BCUT2D eigenvalue weighted by atomic mass is 10.1. The van der Waals surface area contributed by atoms with Crippen molar-refractivity contribution in [2.75, 3.05) is 11.1 Å². The van der Waals surface area contributed by atoms with Gasteiger partial charge in [-0.05, 0) is 25.0 Å². The summed E-state index contributed by atoms with van der Waals surface area (Å²) in [5, 5.41) is 8.32. The van der Waals surface area contributed by atoms with Gasteiger partial charge in [-0.15, -0.1) is 11.3 Å². The molecule has 1 aliphatic rings. The summed E-state index contributed by atoms with van der Waals surface area (Å²) in [6.07, 6.45) is 4.54. The predicted molar refractivity (Wildman–Crippen MR) is 86.4 cm³/mol. The number of nitrogens with zero attached hydrogens (tertiary/aromatic N) is 1. The number of carbonyl (C=O) groups excluding carboxylic acids is 1. The van der Waals surface area contributed by atoms with Gasteiger partial charge < -0.3 is 11.1 Å². The molecule has 0 saturated heterocycles. The summed E-state index contributed by atoms with van der Waals surface area (Å²) in [6, 6.07) is 7.67. The van der Waals surface area contributed by atoms with Gasteiger partial charge >= 0.3 is 6.03 Å². The fraction of sp³-hybridized carbons (Fsp3) is 0.333. The highest BCUT2D eigenvalue weighted by Gasteiger charge is 2.17. The van der Waals surface area contributed by atoms with Crippen LogP contribution in [0.5, 0.6) is 0 Å². The zero-order chi connectivity index (χ0) is 14.7. The molecule has 0 atom stereocenters. The molecule has 21 heavy (non-hydrogen) atoms. The van der Waals surface area contributed by atoms with Crippen molar-refractivity contribution in [3.05, 3.63) is 29.6 Å². The number of aromatic nitrogens is 1. The molecule has 2 amide bonds. The van der Waals surface area contributed by atoms with E-state index in [1.807, 2.05) is 29.6 Å². The van der Waals surface area contributed by atoms with Crippen LogP contribution in [0.1, 0.15) is 25.7 Å². The zero-order valence-electron chi connectivity index (χ0n) is 11.6. The first-order valence-corrected chi connectivity index (χ1v) is 7.97. The molecule has 110 valence electrons. The van der Waals surface area contributed by atoms with E-state index in [0.717, 1.165) is 29.8 Å². The van der Waals surface area contributed by atoms with Crippen molar-refractivity contribution in [3.8, 4) is 11.3 Å². The molecule has 5 nitrogen and oxygen atoms in total. The standard InChI is InChI=1S/C15H18N4OS/c16-11-7-5-10(6-8-11)13-9-21-15(18-13)19-14(20)17-12-3-1-2-4-12/h5-9,12H,1-4,16H2,(H2,17,18,19,20). The number of hydrogen-bond acceptors (Lipinski definition) is 4. The molecular weight excluding hydrogens is 284 g/mol. The predicted octanol–water partition coefficient (Wildman–Crippen LogP) is 3.46. The second-order valence-corrected chi connectivity index (χ2v) is 6.10. The van der Waals surface area contributed by atoms with E-state index < -0.39 is 0 Å². The summed E-state index contributed by atoms with van der Waals surface area (Å²) in [5.74, 6) is 0. The van der Waals surface area contributed by atoms with Crippen molar-refractivity contribution in [2.24, 2.45) is 0 Å². The number of carbonyl (C=O) groups is 1. The maximum Gasteiger partial charge on any atom is 0.321 e. The first-order chi connectivity index (χ1) is 10.2. The van der Waals surface area contributed by atoms with Crippen LogP contribution >= 0.6 is 11.3 Å². The Morgan fingerprint density at radius 3 is 2.67 bits per heavy atom. The molecule has 0 spiro atoms. The number of rotatable bonds is 3. The minimum absolute atomic E-state index is 0.167. The summed E-state index contributed by atoms with van der Waals surface area (Å²) in [5.41, 5.74) is 8.23. The summed E-state index contributed by atoms with van der Waals surface area (Å²) < 4.78 is 0. The maximum atomic E-state index is 11.9. The van der Waals surface area contributed by atoms with Crippen molar-refractivity contribution in [2.45, 2.75) is 31.7 Å². The van der Waals surface area contributed by atoms with Crippen molar-refractivity contribution >= 4 is 28.2 Å². The Bertz CT molecular complexity index is 617. The Labute approximate surface area is 127 Å². The molecule has 1 heterocycles. The van der Waals surface area contributed by atoms with Gasteiger partial charge in [0.15, 0.2) is 5.13 Å². The second-order valence-electron chi connectivity index (χ2n) is 5.24. The number of thiazole rings is 1. The van der Waals surface area contributed by atoms with Gasteiger partial charge in [-0.2, -0.15) is 0 Å². The largest absolute Gasteiger partial charge is 0.399 e. The van der Waals surface area contributed by atoms with Crippen LogP contribution in [0, 0.1) is 0 Å². The molecule has 1 aromatic carbocycles. The van der Waals surface area contributed by atoms with Crippen LogP contribution in [0.2, 0.25) is 0 Å². The summed E-state index contributed by atoms with van der Waals surface area (Å²) in [4.78, 5) is 16.3. The van der Waals surface area contributed by atoms with Crippen molar-refractivity contribution < 1.29 is 4.79 Å². The smallest absolute Gasteiger partial charge is 0.321 e. The minimum Gasteiger partial charge on any atom is -0.399 e. The molecule has 0 radical (unpaired) electrons. The fourth-order valence-corrected chi connectivity index (χ4v) is 3.22. The summed E-state index contributed by atoms with van der Waals surface area (Å²) in [7, 11) is 0. The van der Waals surface area contributed by atoms with Gasteiger partial charge in [-0.1, -0.05) is 25.0 Å². The minimum atomic E-state index is -0.167.